The summed E-state index contributed by atoms with van der Waals surface area (Å²) < 4.78 is 5.83. The predicted molar refractivity (Wildman–Crippen MR) is 140 cm³/mol. The van der Waals surface area contributed by atoms with Crippen molar-refractivity contribution in [2.24, 2.45) is 5.92 Å². The van der Waals surface area contributed by atoms with Crippen LogP contribution < -0.4 is 5.32 Å². The minimum atomic E-state index is -1.02. The van der Waals surface area contributed by atoms with Crippen molar-refractivity contribution in [2.75, 3.05) is 6.61 Å². The van der Waals surface area contributed by atoms with Gasteiger partial charge in [-0.2, -0.15) is 0 Å². The fourth-order valence-electron chi connectivity index (χ4n) is 4.11. The molecule has 0 saturated carbocycles. The number of aliphatic hydroxyl groups excluding tert-OH is 1. The molecule has 6 nitrogen and oxygen atoms in total. The van der Waals surface area contributed by atoms with Gasteiger partial charge in [-0.25, -0.2) is 0 Å². The third-order valence-electron chi connectivity index (χ3n) is 6.32. The highest BCUT2D eigenvalue weighted by Crippen LogP contribution is 2.21. The number of hydrogen-bond donors (Lipinski definition) is 3. The Hall–Kier alpha value is -3.48. The normalized spacial score (nSPS) is 13.5. The van der Waals surface area contributed by atoms with Gasteiger partial charge in [0.1, 0.15) is 0 Å². The number of aryl methyl sites for hydroxylation is 1. The van der Waals surface area contributed by atoms with Crippen LogP contribution in [0.15, 0.2) is 84.9 Å². The van der Waals surface area contributed by atoms with E-state index in [9.17, 15) is 19.8 Å². The van der Waals surface area contributed by atoms with Gasteiger partial charge in [-0.05, 0) is 48.4 Å². The van der Waals surface area contributed by atoms with E-state index in [4.69, 9.17) is 4.74 Å². The zero-order chi connectivity index (χ0) is 25.8. The molecule has 0 radical (unpaired) electrons. The van der Waals surface area contributed by atoms with Crippen LogP contribution in [-0.2, 0) is 27.4 Å². The van der Waals surface area contributed by atoms with Crippen molar-refractivity contribution < 1.29 is 24.5 Å². The van der Waals surface area contributed by atoms with Gasteiger partial charge in [0.05, 0.1) is 31.8 Å². The second kappa shape index (κ2) is 14.2. The first-order valence-corrected chi connectivity index (χ1v) is 12.4. The van der Waals surface area contributed by atoms with Crippen LogP contribution in [-0.4, -0.2) is 40.8 Å². The summed E-state index contributed by atoms with van der Waals surface area (Å²) in [7, 11) is 0. The number of carbonyl (C=O) groups excluding carboxylic acids is 1. The van der Waals surface area contributed by atoms with Gasteiger partial charge >= 0.3 is 5.97 Å². The van der Waals surface area contributed by atoms with Crippen molar-refractivity contribution in [3.8, 4) is 11.1 Å². The summed E-state index contributed by atoms with van der Waals surface area (Å²) in [5, 5.41) is 22.0. The molecule has 0 aromatic heterocycles. The molecule has 0 bridgehead atoms. The number of benzene rings is 3. The molecule has 0 fully saturated rings. The Morgan fingerprint density at radius 3 is 2.08 bits per heavy atom. The molecule has 0 spiro atoms. The summed E-state index contributed by atoms with van der Waals surface area (Å²) >= 11 is 0. The standard InChI is InChI=1S/C30H35NO5/c1-22(36-21-24-9-4-2-5-10-24)28(20-32)31-30(35)27(19-29(33)34)14-8-11-23-15-17-26(18-16-23)25-12-6-3-7-13-25/h2-7,9-10,12-13,15-18,22,27-28,32H,8,11,14,19-21H2,1H3,(H,31,35)(H,33,34). The number of rotatable bonds is 14. The molecule has 0 heterocycles. The van der Waals surface area contributed by atoms with Crippen LogP contribution in [0.2, 0.25) is 0 Å². The first kappa shape index (κ1) is 27.1. The maximum absolute atomic E-state index is 12.9. The molecule has 3 aromatic rings. The van der Waals surface area contributed by atoms with E-state index in [1.807, 2.05) is 48.5 Å². The van der Waals surface area contributed by atoms with E-state index in [1.54, 1.807) is 6.92 Å². The predicted octanol–water partition coefficient (Wildman–Crippen LogP) is 4.85. The topological polar surface area (TPSA) is 95.9 Å². The van der Waals surface area contributed by atoms with Crippen molar-refractivity contribution in [3.05, 3.63) is 96.1 Å². The summed E-state index contributed by atoms with van der Waals surface area (Å²) in [5.41, 5.74) is 4.43. The molecule has 3 N–H and O–H groups in total. The summed E-state index contributed by atoms with van der Waals surface area (Å²) in [6.45, 7) is 1.85. The van der Waals surface area contributed by atoms with Crippen LogP contribution in [0.5, 0.6) is 0 Å². The van der Waals surface area contributed by atoms with Gasteiger partial charge in [0.15, 0.2) is 0 Å². The molecule has 0 aliphatic carbocycles. The minimum absolute atomic E-state index is 0.254. The molecule has 0 saturated heterocycles. The maximum atomic E-state index is 12.9. The zero-order valence-corrected chi connectivity index (χ0v) is 20.7. The van der Waals surface area contributed by atoms with Crippen molar-refractivity contribution >= 4 is 11.9 Å². The molecule has 6 heteroatoms. The summed E-state index contributed by atoms with van der Waals surface area (Å²) in [4.78, 5) is 24.3. The number of aliphatic carboxylic acids is 1. The molecule has 3 rings (SSSR count). The van der Waals surface area contributed by atoms with E-state index in [0.29, 0.717) is 19.4 Å². The van der Waals surface area contributed by atoms with Crippen LogP contribution in [0.25, 0.3) is 11.1 Å². The fraction of sp³-hybridized carbons (Fsp3) is 0.333. The molecule has 0 aliphatic rings. The average molecular weight is 490 g/mol. The monoisotopic (exact) mass is 489 g/mol. The Balaban J connectivity index is 1.51. The Morgan fingerprint density at radius 1 is 0.861 bits per heavy atom. The lowest BCUT2D eigenvalue weighted by Gasteiger charge is -2.26. The van der Waals surface area contributed by atoms with Gasteiger partial charge in [0.2, 0.25) is 5.91 Å². The molecule has 3 atom stereocenters. The Labute approximate surface area is 212 Å². The number of aliphatic hydroxyl groups is 1. The fourth-order valence-corrected chi connectivity index (χ4v) is 4.11. The lowest BCUT2D eigenvalue weighted by atomic mass is 9.94. The van der Waals surface area contributed by atoms with Crippen molar-refractivity contribution in [1.82, 2.24) is 5.32 Å². The number of amides is 1. The van der Waals surface area contributed by atoms with Crippen LogP contribution >= 0.6 is 0 Å². The van der Waals surface area contributed by atoms with Gasteiger partial charge in [0, 0.05) is 5.92 Å². The highest BCUT2D eigenvalue weighted by molar-refractivity contribution is 5.83. The van der Waals surface area contributed by atoms with Crippen LogP contribution in [0.3, 0.4) is 0 Å². The number of ether oxygens (including phenoxy) is 1. The summed E-state index contributed by atoms with van der Waals surface area (Å²) in [6.07, 6.45) is 1.18. The minimum Gasteiger partial charge on any atom is -0.481 e. The van der Waals surface area contributed by atoms with Crippen LogP contribution in [0.4, 0.5) is 0 Å². The van der Waals surface area contributed by atoms with E-state index >= 15 is 0 Å². The van der Waals surface area contributed by atoms with Gasteiger partial charge in [-0.3, -0.25) is 9.59 Å². The summed E-state index contributed by atoms with van der Waals surface area (Å²) in [5.74, 6) is -2.07. The molecule has 36 heavy (non-hydrogen) atoms. The maximum Gasteiger partial charge on any atom is 0.304 e. The number of carboxylic acid groups (broad SMARTS) is 1. The van der Waals surface area contributed by atoms with E-state index in [-0.39, 0.29) is 18.9 Å². The van der Waals surface area contributed by atoms with Crippen LogP contribution in [0.1, 0.15) is 37.3 Å². The molecular formula is C30H35NO5. The zero-order valence-electron chi connectivity index (χ0n) is 20.7. The van der Waals surface area contributed by atoms with Gasteiger partial charge in [-0.1, -0.05) is 84.9 Å². The highest BCUT2D eigenvalue weighted by Gasteiger charge is 2.26. The summed E-state index contributed by atoms with van der Waals surface area (Å²) in [6, 6.07) is 27.5. The van der Waals surface area contributed by atoms with Crippen molar-refractivity contribution in [3.63, 3.8) is 0 Å². The largest absolute Gasteiger partial charge is 0.481 e. The van der Waals surface area contributed by atoms with E-state index in [0.717, 1.165) is 28.7 Å². The number of hydrogen-bond acceptors (Lipinski definition) is 4. The van der Waals surface area contributed by atoms with E-state index in [2.05, 4.69) is 41.7 Å². The quantitative estimate of drug-likeness (QED) is 0.301. The smallest absolute Gasteiger partial charge is 0.304 e. The molecule has 190 valence electrons. The van der Waals surface area contributed by atoms with Crippen molar-refractivity contribution in [1.29, 1.82) is 0 Å². The lowest BCUT2D eigenvalue weighted by Crippen LogP contribution is -2.48. The van der Waals surface area contributed by atoms with E-state index in [1.165, 1.54) is 0 Å². The number of carbonyl (C=O) groups is 2. The molecule has 0 aliphatic heterocycles. The SMILES string of the molecule is CC(OCc1ccccc1)C(CO)NC(=O)C(CCCc1ccc(-c2ccccc2)cc1)CC(=O)O. The first-order chi connectivity index (χ1) is 17.5. The van der Waals surface area contributed by atoms with Gasteiger partial charge in [0.25, 0.3) is 0 Å². The first-order valence-electron chi connectivity index (χ1n) is 12.4. The Kier molecular flexibility index (Phi) is 10.7. The Morgan fingerprint density at radius 2 is 1.47 bits per heavy atom. The lowest BCUT2D eigenvalue weighted by molar-refractivity contribution is -0.141. The molecule has 3 unspecified atom stereocenters. The van der Waals surface area contributed by atoms with E-state index < -0.39 is 24.0 Å². The second-order valence-corrected chi connectivity index (χ2v) is 9.05. The molecular weight excluding hydrogens is 454 g/mol. The highest BCUT2D eigenvalue weighted by atomic mass is 16.5. The van der Waals surface area contributed by atoms with Gasteiger partial charge < -0.3 is 20.3 Å². The third kappa shape index (κ3) is 8.63. The van der Waals surface area contributed by atoms with Crippen LogP contribution in [0, 0.1) is 5.92 Å². The Bertz CT molecular complexity index is 1070. The molecule has 3 aromatic carbocycles. The molecule has 1 amide bonds. The van der Waals surface area contributed by atoms with Crippen molar-refractivity contribution in [2.45, 2.75) is 51.4 Å². The number of carboxylic acids is 1. The third-order valence-corrected chi connectivity index (χ3v) is 6.32. The second-order valence-electron chi connectivity index (χ2n) is 9.05. The van der Waals surface area contributed by atoms with Gasteiger partial charge in [-0.15, -0.1) is 0 Å². The average Bonchev–Trinajstić information content (AvgIpc) is 2.91. The number of nitrogens with one attached hydrogen (secondary N) is 1.